The van der Waals surface area contributed by atoms with Gasteiger partial charge >= 0.3 is 5.97 Å². The van der Waals surface area contributed by atoms with Crippen LogP contribution in [0.4, 0.5) is 0 Å². The summed E-state index contributed by atoms with van der Waals surface area (Å²) in [5, 5.41) is 9.49. The molecule has 110 valence electrons. The molecule has 1 aromatic carbocycles. The summed E-state index contributed by atoms with van der Waals surface area (Å²) in [4.78, 5) is 25.1. The van der Waals surface area contributed by atoms with Crippen LogP contribution in [0, 0.1) is 6.92 Å². The summed E-state index contributed by atoms with van der Waals surface area (Å²) < 4.78 is 4.57. The maximum atomic E-state index is 12.4. The van der Waals surface area contributed by atoms with Gasteiger partial charge in [-0.05, 0) is 26.0 Å². The summed E-state index contributed by atoms with van der Waals surface area (Å²) in [5.74, 6) is -0.573. The minimum absolute atomic E-state index is 0.112. The van der Waals surface area contributed by atoms with Gasteiger partial charge in [-0.25, -0.2) is 0 Å². The highest BCUT2D eigenvalue weighted by molar-refractivity contribution is 5.94. The van der Waals surface area contributed by atoms with Gasteiger partial charge in [0.25, 0.3) is 5.91 Å². The first-order valence-electron chi connectivity index (χ1n) is 6.55. The zero-order chi connectivity index (χ0) is 15.1. The van der Waals surface area contributed by atoms with Gasteiger partial charge in [-0.2, -0.15) is 0 Å². The molecule has 0 aromatic heterocycles. The fourth-order valence-corrected chi connectivity index (χ4v) is 1.88. The molecule has 1 unspecified atom stereocenters. The number of rotatable bonds is 6. The second-order valence-corrected chi connectivity index (χ2v) is 4.80. The van der Waals surface area contributed by atoms with Crippen molar-refractivity contribution in [3.05, 3.63) is 35.4 Å². The van der Waals surface area contributed by atoms with Crippen LogP contribution >= 0.6 is 0 Å². The predicted octanol–water partition coefficient (Wildman–Crippen LogP) is 1.38. The predicted molar refractivity (Wildman–Crippen MR) is 75.4 cm³/mol. The summed E-state index contributed by atoms with van der Waals surface area (Å²) >= 11 is 0. The van der Waals surface area contributed by atoms with Gasteiger partial charge in [-0.15, -0.1) is 0 Å². The largest absolute Gasteiger partial charge is 0.469 e. The highest BCUT2D eigenvalue weighted by Crippen LogP contribution is 2.09. The van der Waals surface area contributed by atoms with E-state index in [2.05, 4.69) is 4.74 Å². The minimum atomic E-state index is -0.651. The van der Waals surface area contributed by atoms with E-state index in [9.17, 15) is 14.7 Å². The van der Waals surface area contributed by atoms with Gasteiger partial charge in [0.1, 0.15) is 0 Å². The molecule has 0 aliphatic carbocycles. The van der Waals surface area contributed by atoms with Gasteiger partial charge in [0.05, 0.1) is 19.6 Å². The summed E-state index contributed by atoms with van der Waals surface area (Å²) in [6.07, 6.45) is -0.540. The van der Waals surface area contributed by atoms with Gasteiger partial charge in [-0.1, -0.05) is 17.7 Å². The van der Waals surface area contributed by atoms with Crippen LogP contribution in [0.1, 0.15) is 29.3 Å². The molecule has 0 heterocycles. The number of aliphatic hydroxyl groups is 1. The van der Waals surface area contributed by atoms with Crippen molar-refractivity contribution in [1.29, 1.82) is 0 Å². The number of aliphatic hydroxyl groups excluding tert-OH is 1. The molecule has 20 heavy (non-hydrogen) atoms. The van der Waals surface area contributed by atoms with E-state index in [0.29, 0.717) is 5.56 Å². The summed E-state index contributed by atoms with van der Waals surface area (Å²) in [5.41, 5.74) is 1.54. The van der Waals surface area contributed by atoms with Crippen molar-refractivity contribution in [2.75, 3.05) is 20.2 Å². The molecule has 0 aliphatic rings. The molecule has 5 heteroatoms. The third kappa shape index (κ3) is 5.01. The molecule has 5 nitrogen and oxygen atoms in total. The van der Waals surface area contributed by atoms with Gasteiger partial charge in [0.2, 0.25) is 0 Å². The van der Waals surface area contributed by atoms with E-state index in [1.54, 1.807) is 19.1 Å². The number of hydrogen-bond donors (Lipinski definition) is 1. The summed E-state index contributed by atoms with van der Waals surface area (Å²) in [6, 6.07) is 7.23. The molecule has 0 fully saturated rings. The Balaban J connectivity index is 2.81. The Hall–Kier alpha value is -1.88. The fourth-order valence-electron chi connectivity index (χ4n) is 1.88. The van der Waals surface area contributed by atoms with Crippen LogP contribution in [-0.4, -0.2) is 48.2 Å². The van der Waals surface area contributed by atoms with Crippen LogP contribution in [-0.2, 0) is 9.53 Å². The van der Waals surface area contributed by atoms with Gasteiger partial charge in [-0.3, -0.25) is 9.59 Å². The number of nitrogens with zero attached hydrogens (tertiary/aromatic N) is 1. The smallest absolute Gasteiger partial charge is 0.307 e. The molecule has 1 aromatic rings. The molecule has 0 spiro atoms. The maximum absolute atomic E-state index is 12.4. The first-order valence-corrected chi connectivity index (χ1v) is 6.55. The lowest BCUT2D eigenvalue weighted by Gasteiger charge is -2.24. The second-order valence-electron chi connectivity index (χ2n) is 4.80. The van der Waals surface area contributed by atoms with Crippen molar-refractivity contribution >= 4 is 11.9 Å². The molecular formula is C15H21NO4. The minimum Gasteiger partial charge on any atom is -0.469 e. The van der Waals surface area contributed by atoms with Crippen LogP contribution < -0.4 is 0 Å². The monoisotopic (exact) mass is 279 g/mol. The Labute approximate surface area is 119 Å². The average molecular weight is 279 g/mol. The Morgan fingerprint density at radius 1 is 1.40 bits per heavy atom. The number of hydrogen-bond acceptors (Lipinski definition) is 4. The lowest BCUT2D eigenvalue weighted by atomic mass is 10.1. The lowest BCUT2D eigenvalue weighted by Crippen LogP contribution is -2.38. The van der Waals surface area contributed by atoms with Gasteiger partial charge < -0.3 is 14.7 Å². The number of amides is 1. The molecule has 0 radical (unpaired) electrons. The Morgan fingerprint density at radius 2 is 2.10 bits per heavy atom. The van der Waals surface area contributed by atoms with Crippen molar-refractivity contribution in [3.63, 3.8) is 0 Å². The van der Waals surface area contributed by atoms with Gasteiger partial charge in [0, 0.05) is 18.7 Å². The number of methoxy groups -OCH3 is 1. The average Bonchev–Trinajstić information content (AvgIpc) is 2.41. The van der Waals surface area contributed by atoms with Crippen LogP contribution in [0.15, 0.2) is 24.3 Å². The molecule has 0 saturated carbocycles. The Bertz CT molecular complexity index is 471. The number of carbonyl (C=O) groups excluding carboxylic acids is 2. The SMILES string of the molecule is COC(=O)CCN(CC(C)O)C(=O)c1cccc(C)c1. The van der Waals surface area contributed by atoms with Crippen molar-refractivity contribution in [2.24, 2.45) is 0 Å². The van der Waals surface area contributed by atoms with E-state index < -0.39 is 6.10 Å². The van der Waals surface area contributed by atoms with Crippen LogP contribution in [0.5, 0.6) is 0 Å². The van der Waals surface area contributed by atoms with Crippen LogP contribution in [0.3, 0.4) is 0 Å². The van der Waals surface area contributed by atoms with E-state index in [4.69, 9.17) is 0 Å². The van der Waals surface area contributed by atoms with E-state index in [0.717, 1.165) is 5.56 Å². The quantitative estimate of drug-likeness (QED) is 0.799. The Morgan fingerprint density at radius 3 is 2.65 bits per heavy atom. The molecule has 1 amide bonds. The molecular weight excluding hydrogens is 258 g/mol. The summed E-state index contributed by atoms with van der Waals surface area (Å²) in [6.45, 7) is 3.92. The first kappa shape index (κ1) is 16.2. The Kier molecular flexibility index (Phi) is 6.18. The molecule has 1 atom stereocenters. The number of esters is 1. The normalized spacial score (nSPS) is 11.8. The molecule has 0 bridgehead atoms. The number of carbonyl (C=O) groups is 2. The fraction of sp³-hybridized carbons (Fsp3) is 0.467. The number of benzene rings is 1. The van der Waals surface area contributed by atoms with Crippen molar-refractivity contribution in [1.82, 2.24) is 4.90 Å². The van der Waals surface area contributed by atoms with Crippen LogP contribution in [0.2, 0.25) is 0 Å². The first-order chi connectivity index (χ1) is 9.43. The molecule has 1 rings (SSSR count). The molecule has 0 saturated heterocycles. The third-order valence-corrected chi connectivity index (χ3v) is 2.85. The highest BCUT2D eigenvalue weighted by atomic mass is 16.5. The topological polar surface area (TPSA) is 66.8 Å². The highest BCUT2D eigenvalue weighted by Gasteiger charge is 2.18. The van der Waals surface area contributed by atoms with E-state index >= 15 is 0 Å². The summed E-state index contributed by atoms with van der Waals surface area (Å²) in [7, 11) is 1.31. The zero-order valence-corrected chi connectivity index (χ0v) is 12.1. The standard InChI is InChI=1S/C15H21NO4/c1-11-5-4-6-13(9-11)15(19)16(10-12(2)17)8-7-14(18)20-3/h4-6,9,12,17H,7-8,10H2,1-3H3. The van der Waals surface area contributed by atoms with E-state index in [1.807, 2.05) is 19.1 Å². The number of ether oxygens (including phenoxy) is 1. The lowest BCUT2D eigenvalue weighted by molar-refractivity contribution is -0.140. The van der Waals surface area contributed by atoms with E-state index in [-0.39, 0.29) is 31.4 Å². The zero-order valence-electron chi connectivity index (χ0n) is 12.1. The third-order valence-electron chi connectivity index (χ3n) is 2.85. The van der Waals surface area contributed by atoms with Crippen molar-refractivity contribution in [2.45, 2.75) is 26.4 Å². The van der Waals surface area contributed by atoms with Gasteiger partial charge in [0.15, 0.2) is 0 Å². The van der Waals surface area contributed by atoms with Crippen molar-refractivity contribution < 1.29 is 19.4 Å². The second kappa shape index (κ2) is 7.65. The van der Waals surface area contributed by atoms with Crippen LogP contribution in [0.25, 0.3) is 0 Å². The molecule has 0 aliphatic heterocycles. The molecule has 1 N–H and O–H groups in total. The van der Waals surface area contributed by atoms with Crippen molar-refractivity contribution in [3.8, 4) is 0 Å². The van der Waals surface area contributed by atoms with E-state index in [1.165, 1.54) is 12.0 Å². The maximum Gasteiger partial charge on any atom is 0.307 e. The number of aryl methyl sites for hydroxylation is 1.